The molecule has 0 saturated heterocycles. The number of allylic oxidation sites excluding steroid dienone is 18. The zero-order valence-electron chi connectivity index (χ0n) is 39.1. The van der Waals surface area contributed by atoms with E-state index in [9.17, 15) is 14.4 Å². The van der Waals surface area contributed by atoms with Crippen LogP contribution in [0.5, 0.6) is 0 Å². The fraction of sp³-hybridized carbons (Fsp3) is 0.618. The minimum absolute atomic E-state index is 0.111. The van der Waals surface area contributed by atoms with Gasteiger partial charge >= 0.3 is 17.9 Å². The lowest BCUT2D eigenvalue weighted by Gasteiger charge is -2.18. The Morgan fingerprint density at radius 2 is 0.590 bits per heavy atom. The molecule has 0 radical (unpaired) electrons. The maximum atomic E-state index is 12.7. The highest BCUT2D eigenvalue weighted by Crippen LogP contribution is 2.13. The summed E-state index contributed by atoms with van der Waals surface area (Å²) in [7, 11) is 0. The molecule has 6 heteroatoms. The molecule has 0 fully saturated rings. The van der Waals surface area contributed by atoms with E-state index in [0.717, 1.165) is 116 Å². The Hall–Kier alpha value is -3.93. The molecule has 0 rings (SSSR count). The van der Waals surface area contributed by atoms with Gasteiger partial charge in [0, 0.05) is 19.3 Å². The number of ether oxygens (including phenoxy) is 3. The van der Waals surface area contributed by atoms with Crippen LogP contribution in [-0.4, -0.2) is 37.2 Å². The van der Waals surface area contributed by atoms with Crippen LogP contribution in [0, 0.1) is 0 Å². The summed E-state index contributed by atoms with van der Waals surface area (Å²) in [6, 6.07) is 0. The van der Waals surface area contributed by atoms with Crippen molar-refractivity contribution in [3.05, 3.63) is 109 Å². The predicted molar refractivity (Wildman–Crippen MR) is 260 cm³/mol. The number of hydrogen-bond acceptors (Lipinski definition) is 6. The van der Waals surface area contributed by atoms with Crippen LogP contribution in [0.15, 0.2) is 109 Å². The number of unbranched alkanes of at least 4 members (excludes halogenated alkanes) is 13. The van der Waals surface area contributed by atoms with E-state index in [1.54, 1.807) is 0 Å². The Morgan fingerprint density at radius 1 is 0.328 bits per heavy atom. The first-order chi connectivity index (χ1) is 30.0. The van der Waals surface area contributed by atoms with Gasteiger partial charge in [-0.1, -0.05) is 175 Å². The summed E-state index contributed by atoms with van der Waals surface area (Å²) in [4.78, 5) is 37.8. The first kappa shape index (κ1) is 57.1. The molecule has 1 unspecified atom stereocenters. The fourth-order valence-corrected chi connectivity index (χ4v) is 6.19. The summed E-state index contributed by atoms with van der Waals surface area (Å²) in [5.74, 6) is -1.01. The minimum Gasteiger partial charge on any atom is -0.462 e. The second-order valence-corrected chi connectivity index (χ2v) is 15.6. The summed E-state index contributed by atoms with van der Waals surface area (Å²) in [5, 5.41) is 0. The molecule has 0 saturated carbocycles. The maximum absolute atomic E-state index is 12.7. The first-order valence-corrected chi connectivity index (χ1v) is 24.4. The Bertz CT molecular complexity index is 1290. The standard InChI is InChI=1S/C55H88O6/c1-4-7-10-13-16-19-22-25-26-27-28-29-30-31-34-36-39-42-45-48-54(57)60-51-52(61-55(58)49-46-43-40-37-33-24-21-18-15-12-9-6-3)50-59-53(56)47-44-41-38-35-32-23-20-17-14-11-8-5-2/h7-12,16-21,25-26,32-33,35,37,52H,4-6,13-15,22-24,27-31,34,36,38-51H2,1-3H3/b10-7-,11-8-,12-9-,19-16-,20-17-,21-18-,26-25-,35-32-,37-33-. The SMILES string of the molecule is CC/C=C\C/C=C\C/C=C\CCCCCCCCCCCC(=O)OCC(COC(=O)CCCC/C=C\C/C=C\C/C=C\CC)OC(=O)CCCC/C=C\C/C=C\C/C=C\CC. The van der Waals surface area contributed by atoms with E-state index in [1.807, 2.05) is 0 Å². The molecule has 344 valence electrons. The molecule has 0 aliphatic carbocycles. The molecule has 0 aromatic rings. The Morgan fingerprint density at radius 3 is 0.951 bits per heavy atom. The van der Waals surface area contributed by atoms with Crippen LogP contribution in [0.4, 0.5) is 0 Å². The van der Waals surface area contributed by atoms with Crippen molar-refractivity contribution in [3.8, 4) is 0 Å². The van der Waals surface area contributed by atoms with Crippen molar-refractivity contribution in [2.24, 2.45) is 0 Å². The van der Waals surface area contributed by atoms with Gasteiger partial charge in [0.2, 0.25) is 0 Å². The highest BCUT2D eigenvalue weighted by Gasteiger charge is 2.19. The number of rotatable bonds is 42. The lowest BCUT2D eigenvalue weighted by atomic mass is 10.1. The molecule has 61 heavy (non-hydrogen) atoms. The smallest absolute Gasteiger partial charge is 0.306 e. The van der Waals surface area contributed by atoms with E-state index < -0.39 is 6.10 Å². The quantitative estimate of drug-likeness (QED) is 0.0264. The van der Waals surface area contributed by atoms with Gasteiger partial charge in [-0.2, -0.15) is 0 Å². The predicted octanol–water partition coefficient (Wildman–Crippen LogP) is 16.0. The van der Waals surface area contributed by atoms with Gasteiger partial charge in [0.05, 0.1) is 0 Å². The van der Waals surface area contributed by atoms with E-state index in [-0.39, 0.29) is 37.5 Å². The number of hydrogen-bond donors (Lipinski definition) is 0. The van der Waals surface area contributed by atoms with Crippen LogP contribution in [0.2, 0.25) is 0 Å². The summed E-state index contributed by atoms with van der Waals surface area (Å²) in [6.07, 6.45) is 65.1. The molecule has 0 spiro atoms. The second kappa shape index (κ2) is 48.7. The maximum Gasteiger partial charge on any atom is 0.306 e. The van der Waals surface area contributed by atoms with E-state index in [2.05, 4.69) is 130 Å². The van der Waals surface area contributed by atoms with Crippen LogP contribution >= 0.6 is 0 Å². The molecular formula is C55H88O6. The second-order valence-electron chi connectivity index (χ2n) is 15.6. The number of carbonyl (C=O) groups excluding carboxylic acids is 3. The molecule has 0 heterocycles. The Balaban J connectivity index is 4.44. The lowest BCUT2D eigenvalue weighted by molar-refractivity contribution is -0.167. The molecule has 0 aliphatic rings. The molecule has 1 atom stereocenters. The normalized spacial score (nSPS) is 13.0. The molecule has 0 aliphatic heterocycles. The van der Waals surface area contributed by atoms with Crippen molar-refractivity contribution < 1.29 is 28.6 Å². The number of carbonyl (C=O) groups is 3. The molecule has 6 nitrogen and oxygen atoms in total. The van der Waals surface area contributed by atoms with Gasteiger partial charge in [0.1, 0.15) is 13.2 Å². The zero-order valence-corrected chi connectivity index (χ0v) is 39.1. The van der Waals surface area contributed by atoms with Gasteiger partial charge in [-0.15, -0.1) is 0 Å². The van der Waals surface area contributed by atoms with Crippen LogP contribution < -0.4 is 0 Å². The van der Waals surface area contributed by atoms with Gasteiger partial charge in [-0.25, -0.2) is 0 Å². The molecular weight excluding hydrogens is 757 g/mol. The third-order valence-electron chi connectivity index (χ3n) is 9.75. The summed E-state index contributed by atoms with van der Waals surface area (Å²) in [6.45, 7) is 6.20. The highest BCUT2D eigenvalue weighted by molar-refractivity contribution is 5.71. The highest BCUT2D eigenvalue weighted by atomic mass is 16.6. The Kier molecular flexibility index (Phi) is 45.6. The van der Waals surface area contributed by atoms with Crippen molar-refractivity contribution in [2.45, 2.75) is 207 Å². The topological polar surface area (TPSA) is 78.9 Å². The largest absolute Gasteiger partial charge is 0.462 e. The van der Waals surface area contributed by atoms with Crippen molar-refractivity contribution in [1.29, 1.82) is 0 Å². The van der Waals surface area contributed by atoms with Crippen LogP contribution in [0.1, 0.15) is 201 Å². The molecule has 0 aromatic carbocycles. The van der Waals surface area contributed by atoms with Crippen molar-refractivity contribution in [2.75, 3.05) is 13.2 Å². The minimum atomic E-state index is -0.816. The van der Waals surface area contributed by atoms with Crippen molar-refractivity contribution in [1.82, 2.24) is 0 Å². The fourth-order valence-electron chi connectivity index (χ4n) is 6.19. The van der Waals surface area contributed by atoms with Crippen LogP contribution in [0.3, 0.4) is 0 Å². The average molecular weight is 845 g/mol. The monoisotopic (exact) mass is 845 g/mol. The van der Waals surface area contributed by atoms with Crippen LogP contribution in [0.25, 0.3) is 0 Å². The summed E-state index contributed by atoms with van der Waals surface area (Å²) >= 11 is 0. The molecule has 0 bridgehead atoms. The van der Waals surface area contributed by atoms with Gasteiger partial charge in [-0.3, -0.25) is 14.4 Å². The summed E-state index contributed by atoms with van der Waals surface area (Å²) in [5.41, 5.74) is 0. The van der Waals surface area contributed by atoms with E-state index >= 15 is 0 Å². The van der Waals surface area contributed by atoms with E-state index in [4.69, 9.17) is 14.2 Å². The number of esters is 3. The van der Waals surface area contributed by atoms with Crippen LogP contribution in [-0.2, 0) is 28.6 Å². The molecule has 0 N–H and O–H groups in total. The van der Waals surface area contributed by atoms with Gasteiger partial charge in [-0.05, 0) is 116 Å². The Labute approximate surface area is 374 Å². The third kappa shape index (κ3) is 47.0. The lowest BCUT2D eigenvalue weighted by Crippen LogP contribution is -2.30. The van der Waals surface area contributed by atoms with Gasteiger partial charge in [0.25, 0.3) is 0 Å². The van der Waals surface area contributed by atoms with E-state index in [0.29, 0.717) is 19.3 Å². The van der Waals surface area contributed by atoms with Gasteiger partial charge < -0.3 is 14.2 Å². The van der Waals surface area contributed by atoms with Crippen molar-refractivity contribution >= 4 is 17.9 Å². The van der Waals surface area contributed by atoms with Crippen molar-refractivity contribution in [3.63, 3.8) is 0 Å². The molecule has 0 aromatic heterocycles. The summed E-state index contributed by atoms with van der Waals surface area (Å²) < 4.78 is 16.7. The zero-order chi connectivity index (χ0) is 44.4. The third-order valence-corrected chi connectivity index (χ3v) is 9.75. The first-order valence-electron chi connectivity index (χ1n) is 24.4. The average Bonchev–Trinajstić information content (AvgIpc) is 3.26. The molecule has 0 amide bonds. The van der Waals surface area contributed by atoms with Gasteiger partial charge in [0.15, 0.2) is 6.10 Å². The van der Waals surface area contributed by atoms with E-state index in [1.165, 1.54) is 38.5 Å².